The lowest BCUT2D eigenvalue weighted by Crippen LogP contribution is -2.38. The summed E-state index contributed by atoms with van der Waals surface area (Å²) in [4.78, 5) is 0. The van der Waals surface area contributed by atoms with E-state index in [0.717, 1.165) is 0 Å². The molecule has 5 heteroatoms. The molecule has 0 aliphatic heterocycles. The third-order valence-electron chi connectivity index (χ3n) is 1.50. The second-order valence-electron chi connectivity index (χ2n) is 2.80. The van der Waals surface area contributed by atoms with Crippen molar-refractivity contribution in [2.24, 2.45) is 0 Å². The van der Waals surface area contributed by atoms with E-state index in [2.05, 4.69) is 5.32 Å². The molecule has 3 atom stereocenters. The van der Waals surface area contributed by atoms with Gasteiger partial charge in [0.2, 0.25) is 0 Å². The van der Waals surface area contributed by atoms with E-state index in [-0.39, 0.29) is 19.7 Å². The maximum absolute atomic E-state index is 9.06. The third kappa shape index (κ3) is 5.45. The van der Waals surface area contributed by atoms with Gasteiger partial charge in [-0.15, -0.1) is 0 Å². The first-order chi connectivity index (χ1) is 5.57. The molecule has 0 saturated carbocycles. The zero-order valence-corrected chi connectivity index (χ0v) is 7.14. The lowest BCUT2D eigenvalue weighted by molar-refractivity contribution is 0.0277. The fourth-order valence-corrected chi connectivity index (χ4v) is 0.633. The Kier molecular flexibility index (Phi) is 6.23. The number of aliphatic hydroxyl groups excluding tert-OH is 4. The molecule has 0 aromatic carbocycles. The van der Waals surface area contributed by atoms with Crippen molar-refractivity contribution in [3.63, 3.8) is 0 Å². The highest BCUT2D eigenvalue weighted by molar-refractivity contribution is 4.66. The normalized spacial score (nSPS) is 18.8. The molecule has 0 bridgehead atoms. The Bertz CT molecular complexity index is 110. The summed E-state index contributed by atoms with van der Waals surface area (Å²) in [5, 5.41) is 37.9. The van der Waals surface area contributed by atoms with Gasteiger partial charge >= 0.3 is 0 Å². The molecule has 5 nitrogen and oxygen atoms in total. The molecule has 0 aliphatic carbocycles. The first-order valence-electron chi connectivity index (χ1n) is 3.93. The maximum Gasteiger partial charge on any atom is 0.0920 e. The summed E-state index contributed by atoms with van der Waals surface area (Å²) < 4.78 is 0. The fourth-order valence-electron chi connectivity index (χ4n) is 0.633. The summed E-state index contributed by atoms with van der Waals surface area (Å²) in [5.74, 6) is 0. The number of hydrogen-bond donors (Lipinski definition) is 5. The number of nitrogens with one attached hydrogen (secondary N) is 1. The van der Waals surface area contributed by atoms with Crippen LogP contribution < -0.4 is 5.32 Å². The van der Waals surface area contributed by atoms with E-state index < -0.39 is 18.3 Å². The smallest absolute Gasteiger partial charge is 0.0920 e. The Balaban J connectivity index is 3.30. The van der Waals surface area contributed by atoms with Gasteiger partial charge in [0.15, 0.2) is 0 Å². The molecule has 0 saturated heterocycles. The summed E-state index contributed by atoms with van der Waals surface area (Å²) in [6.45, 7) is 1.58. The van der Waals surface area contributed by atoms with Gasteiger partial charge in [0, 0.05) is 13.1 Å². The Morgan fingerprint density at radius 1 is 1.17 bits per heavy atom. The second kappa shape index (κ2) is 6.33. The van der Waals surface area contributed by atoms with E-state index in [1.807, 2.05) is 0 Å². The van der Waals surface area contributed by atoms with Crippen molar-refractivity contribution in [1.29, 1.82) is 0 Å². The minimum Gasteiger partial charge on any atom is -0.394 e. The SMILES string of the molecule is CC(O)C(O)CNCC(O)CO. The molecule has 12 heavy (non-hydrogen) atoms. The fraction of sp³-hybridized carbons (Fsp3) is 1.00. The average Bonchev–Trinajstić information content (AvgIpc) is 2.03. The van der Waals surface area contributed by atoms with E-state index in [1.165, 1.54) is 6.92 Å². The van der Waals surface area contributed by atoms with Crippen LogP contribution in [0.15, 0.2) is 0 Å². The maximum atomic E-state index is 9.06. The lowest BCUT2D eigenvalue weighted by atomic mass is 10.2. The second-order valence-corrected chi connectivity index (χ2v) is 2.80. The Labute approximate surface area is 71.7 Å². The highest BCUT2D eigenvalue weighted by atomic mass is 16.3. The lowest BCUT2D eigenvalue weighted by Gasteiger charge is -2.15. The first-order valence-corrected chi connectivity index (χ1v) is 3.93. The Morgan fingerprint density at radius 3 is 2.17 bits per heavy atom. The molecule has 3 unspecified atom stereocenters. The minimum atomic E-state index is -0.837. The summed E-state index contributed by atoms with van der Waals surface area (Å²) in [5.41, 5.74) is 0. The van der Waals surface area contributed by atoms with Crippen molar-refractivity contribution in [2.75, 3.05) is 19.7 Å². The van der Waals surface area contributed by atoms with Crippen LogP contribution in [-0.2, 0) is 0 Å². The zero-order valence-electron chi connectivity index (χ0n) is 7.14. The van der Waals surface area contributed by atoms with Crippen LogP contribution in [0.1, 0.15) is 6.92 Å². The van der Waals surface area contributed by atoms with Gasteiger partial charge < -0.3 is 25.7 Å². The van der Waals surface area contributed by atoms with E-state index in [1.54, 1.807) is 0 Å². The molecule has 0 radical (unpaired) electrons. The summed E-state index contributed by atoms with van der Waals surface area (Å²) in [7, 11) is 0. The molecule has 0 amide bonds. The molecule has 0 heterocycles. The van der Waals surface area contributed by atoms with Gasteiger partial charge in [0.25, 0.3) is 0 Å². The van der Waals surface area contributed by atoms with Crippen molar-refractivity contribution >= 4 is 0 Å². The number of hydrogen-bond acceptors (Lipinski definition) is 5. The van der Waals surface area contributed by atoms with Crippen molar-refractivity contribution < 1.29 is 20.4 Å². The third-order valence-corrected chi connectivity index (χ3v) is 1.50. The molecule has 0 aromatic rings. The van der Waals surface area contributed by atoms with Gasteiger partial charge in [-0.1, -0.05) is 0 Å². The van der Waals surface area contributed by atoms with E-state index in [9.17, 15) is 0 Å². The summed E-state index contributed by atoms with van der Waals surface area (Å²) >= 11 is 0. The molecule has 0 aromatic heterocycles. The molecule has 0 aliphatic rings. The Morgan fingerprint density at radius 2 is 1.75 bits per heavy atom. The predicted octanol–water partition coefficient (Wildman–Crippen LogP) is -2.33. The monoisotopic (exact) mass is 179 g/mol. The van der Waals surface area contributed by atoms with Crippen LogP contribution in [0.3, 0.4) is 0 Å². The van der Waals surface area contributed by atoms with Crippen LogP contribution in [0.2, 0.25) is 0 Å². The quantitative estimate of drug-likeness (QED) is 0.315. The van der Waals surface area contributed by atoms with Crippen LogP contribution in [0.5, 0.6) is 0 Å². The summed E-state index contributed by atoms with van der Waals surface area (Å²) in [6.07, 6.45) is -2.44. The molecule has 5 N–H and O–H groups in total. The van der Waals surface area contributed by atoms with Gasteiger partial charge in [-0.05, 0) is 6.92 Å². The Hall–Kier alpha value is -0.200. The van der Waals surface area contributed by atoms with Crippen molar-refractivity contribution in [3.05, 3.63) is 0 Å². The largest absolute Gasteiger partial charge is 0.394 e. The van der Waals surface area contributed by atoms with Gasteiger partial charge in [0.1, 0.15) is 0 Å². The van der Waals surface area contributed by atoms with E-state index in [0.29, 0.717) is 0 Å². The molecule has 0 fully saturated rings. The molecular weight excluding hydrogens is 162 g/mol. The highest BCUT2D eigenvalue weighted by Crippen LogP contribution is 1.89. The molecule has 74 valence electrons. The number of rotatable bonds is 6. The van der Waals surface area contributed by atoms with Crippen molar-refractivity contribution in [3.8, 4) is 0 Å². The van der Waals surface area contributed by atoms with Crippen LogP contribution in [0.25, 0.3) is 0 Å². The number of aliphatic hydroxyl groups is 4. The molecular formula is C7H17NO4. The zero-order chi connectivity index (χ0) is 9.56. The van der Waals surface area contributed by atoms with Crippen LogP contribution in [-0.4, -0.2) is 58.4 Å². The average molecular weight is 179 g/mol. The van der Waals surface area contributed by atoms with Crippen LogP contribution in [0.4, 0.5) is 0 Å². The first kappa shape index (κ1) is 11.8. The van der Waals surface area contributed by atoms with Crippen molar-refractivity contribution in [2.45, 2.75) is 25.2 Å². The molecule has 0 spiro atoms. The summed E-state index contributed by atoms with van der Waals surface area (Å²) in [6, 6.07) is 0. The van der Waals surface area contributed by atoms with E-state index >= 15 is 0 Å². The van der Waals surface area contributed by atoms with Crippen LogP contribution >= 0.6 is 0 Å². The molecule has 0 rings (SSSR count). The standard InChI is InChI=1S/C7H17NO4/c1-5(10)7(12)3-8-2-6(11)4-9/h5-12H,2-4H2,1H3. The highest BCUT2D eigenvalue weighted by Gasteiger charge is 2.10. The van der Waals surface area contributed by atoms with Gasteiger partial charge in [-0.3, -0.25) is 0 Å². The van der Waals surface area contributed by atoms with Gasteiger partial charge in [-0.2, -0.15) is 0 Å². The topological polar surface area (TPSA) is 93.0 Å². The van der Waals surface area contributed by atoms with Crippen LogP contribution in [0, 0.1) is 0 Å². The van der Waals surface area contributed by atoms with Crippen molar-refractivity contribution in [1.82, 2.24) is 5.32 Å². The minimum absolute atomic E-state index is 0.203. The van der Waals surface area contributed by atoms with Gasteiger partial charge in [-0.25, -0.2) is 0 Å². The van der Waals surface area contributed by atoms with Gasteiger partial charge in [0.05, 0.1) is 24.9 Å². The predicted molar refractivity (Wildman–Crippen MR) is 43.6 cm³/mol. The van der Waals surface area contributed by atoms with E-state index in [4.69, 9.17) is 20.4 Å².